The van der Waals surface area contributed by atoms with Crippen molar-refractivity contribution in [1.82, 2.24) is 19.7 Å². The van der Waals surface area contributed by atoms with E-state index in [0.717, 1.165) is 0 Å². The number of carbonyl (C=O) groups excluding carboxylic acids is 1. The van der Waals surface area contributed by atoms with E-state index >= 15 is 0 Å². The molecule has 4 rings (SSSR count). The summed E-state index contributed by atoms with van der Waals surface area (Å²) in [4.78, 5) is 21.3. The van der Waals surface area contributed by atoms with Crippen LogP contribution in [0.25, 0.3) is 22.6 Å². The van der Waals surface area contributed by atoms with Crippen LogP contribution < -0.4 is 5.32 Å². The zero-order valence-corrected chi connectivity index (χ0v) is 17.0. The Hall–Kier alpha value is -3.46. The van der Waals surface area contributed by atoms with Gasteiger partial charge in [0.15, 0.2) is 5.13 Å². The maximum atomic E-state index is 14.5. The van der Waals surface area contributed by atoms with E-state index in [9.17, 15) is 13.6 Å². The number of rotatable bonds is 5. The van der Waals surface area contributed by atoms with Gasteiger partial charge in [0.1, 0.15) is 17.3 Å². The molecule has 4 aromatic rings. The van der Waals surface area contributed by atoms with Gasteiger partial charge in [-0.1, -0.05) is 12.1 Å². The number of anilines is 1. The largest absolute Gasteiger partial charge is 0.298 e. The van der Waals surface area contributed by atoms with Crippen molar-refractivity contribution < 1.29 is 13.6 Å². The second-order valence-corrected chi connectivity index (χ2v) is 7.63. The molecule has 3 heterocycles. The summed E-state index contributed by atoms with van der Waals surface area (Å²) in [5, 5.41) is 8.99. The van der Waals surface area contributed by atoms with E-state index in [-0.39, 0.29) is 17.2 Å². The van der Waals surface area contributed by atoms with E-state index < -0.39 is 17.5 Å². The first kappa shape index (κ1) is 19.8. The van der Waals surface area contributed by atoms with Crippen LogP contribution >= 0.6 is 11.3 Å². The molecule has 0 atom stereocenters. The molecule has 1 amide bonds. The number of halogens is 2. The minimum Gasteiger partial charge on any atom is -0.298 e. The first-order valence-corrected chi connectivity index (χ1v) is 10.0. The zero-order valence-electron chi connectivity index (χ0n) is 16.1. The summed E-state index contributed by atoms with van der Waals surface area (Å²) in [5.74, 6) is -1.33. The fraction of sp³-hybridized carbons (Fsp3) is 0.143. The van der Waals surface area contributed by atoms with Crippen molar-refractivity contribution in [3.63, 3.8) is 0 Å². The number of aromatic nitrogens is 4. The molecule has 30 heavy (non-hydrogen) atoms. The Morgan fingerprint density at radius 2 is 1.97 bits per heavy atom. The van der Waals surface area contributed by atoms with Gasteiger partial charge in [-0.25, -0.2) is 13.8 Å². The topological polar surface area (TPSA) is 72.7 Å². The number of thiazole rings is 1. The summed E-state index contributed by atoms with van der Waals surface area (Å²) in [5.41, 5.74) is 1.73. The first-order valence-electron chi connectivity index (χ1n) is 9.15. The van der Waals surface area contributed by atoms with Crippen molar-refractivity contribution in [2.24, 2.45) is 0 Å². The Bertz CT molecular complexity index is 1220. The van der Waals surface area contributed by atoms with Crippen molar-refractivity contribution in [3.8, 4) is 22.6 Å². The standard InChI is InChI=1S/C21H17F2N5OS/c1-12(2)28-19(14-5-3-4-6-16(14)23)15(10-25-28)20(29)27-21-26-18(11-30-21)17-9-13(22)7-8-24-17/h3-12H,1-2H3,(H,26,27,29). The quantitative estimate of drug-likeness (QED) is 0.478. The lowest BCUT2D eigenvalue weighted by molar-refractivity contribution is 0.102. The lowest BCUT2D eigenvalue weighted by Gasteiger charge is -2.13. The number of nitrogens with one attached hydrogen (secondary N) is 1. The van der Waals surface area contributed by atoms with E-state index in [1.54, 1.807) is 28.3 Å². The van der Waals surface area contributed by atoms with Gasteiger partial charge in [0, 0.05) is 29.2 Å². The summed E-state index contributed by atoms with van der Waals surface area (Å²) in [6.45, 7) is 3.80. The molecule has 0 saturated carbocycles. The molecule has 0 radical (unpaired) electrons. The molecular formula is C21H17F2N5OS. The molecule has 0 aliphatic rings. The van der Waals surface area contributed by atoms with E-state index in [0.29, 0.717) is 22.2 Å². The van der Waals surface area contributed by atoms with Gasteiger partial charge in [0.2, 0.25) is 0 Å². The first-order chi connectivity index (χ1) is 14.4. The Kier molecular flexibility index (Phi) is 5.37. The summed E-state index contributed by atoms with van der Waals surface area (Å²) in [7, 11) is 0. The van der Waals surface area contributed by atoms with Gasteiger partial charge in [-0.2, -0.15) is 5.10 Å². The van der Waals surface area contributed by atoms with Crippen LogP contribution in [0.2, 0.25) is 0 Å². The number of carbonyl (C=O) groups is 1. The van der Waals surface area contributed by atoms with E-state index in [2.05, 4.69) is 20.4 Å². The average Bonchev–Trinajstić information content (AvgIpc) is 3.35. The van der Waals surface area contributed by atoms with Crippen LogP contribution in [0.3, 0.4) is 0 Å². The van der Waals surface area contributed by atoms with Gasteiger partial charge in [0.25, 0.3) is 5.91 Å². The van der Waals surface area contributed by atoms with Crippen LogP contribution in [0.15, 0.2) is 54.2 Å². The lowest BCUT2D eigenvalue weighted by atomic mass is 10.1. The number of hydrogen-bond donors (Lipinski definition) is 1. The summed E-state index contributed by atoms with van der Waals surface area (Å²) < 4.78 is 29.5. The number of nitrogens with zero attached hydrogens (tertiary/aromatic N) is 4. The Morgan fingerprint density at radius 3 is 2.70 bits per heavy atom. The van der Waals surface area contributed by atoms with Crippen LogP contribution in [-0.2, 0) is 0 Å². The Morgan fingerprint density at radius 1 is 1.17 bits per heavy atom. The van der Waals surface area contributed by atoms with E-state index in [1.165, 1.54) is 41.9 Å². The van der Waals surface area contributed by atoms with Crippen LogP contribution in [0.1, 0.15) is 30.2 Å². The fourth-order valence-corrected chi connectivity index (χ4v) is 3.70. The fourth-order valence-electron chi connectivity index (χ4n) is 3.00. The number of pyridine rings is 1. The van der Waals surface area contributed by atoms with Gasteiger partial charge in [-0.05, 0) is 32.0 Å². The highest BCUT2D eigenvalue weighted by Crippen LogP contribution is 2.30. The third kappa shape index (κ3) is 3.84. The monoisotopic (exact) mass is 425 g/mol. The van der Waals surface area contributed by atoms with E-state index in [4.69, 9.17) is 0 Å². The molecule has 9 heteroatoms. The molecule has 1 N–H and O–H groups in total. The molecule has 0 aliphatic heterocycles. The highest BCUT2D eigenvalue weighted by atomic mass is 32.1. The van der Waals surface area contributed by atoms with Crippen molar-refractivity contribution in [2.75, 3.05) is 5.32 Å². The molecule has 3 aromatic heterocycles. The molecule has 6 nitrogen and oxygen atoms in total. The predicted octanol–water partition coefficient (Wildman–Crippen LogP) is 5.18. The molecular weight excluding hydrogens is 408 g/mol. The molecule has 0 unspecified atom stereocenters. The van der Waals surface area contributed by atoms with Gasteiger partial charge >= 0.3 is 0 Å². The number of amides is 1. The van der Waals surface area contributed by atoms with Gasteiger partial charge in [-0.15, -0.1) is 11.3 Å². The molecule has 0 saturated heterocycles. The number of hydrogen-bond acceptors (Lipinski definition) is 5. The highest BCUT2D eigenvalue weighted by molar-refractivity contribution is 7.14. The third-order valence-electron chi connectivity index (χ3n) is 4.37. The Labute approximate surface area is 175 Å². The summed E-state index contributed by atoms with van der Waals surface area (Å²) >= 11 is 1.18. The minimum absolute atomic E-state index is 0.0772. The Balaban J connectivity index is 1.66. The average molecular weight is 425 g/mol. The van der Waals surface area contributed by atoms with Crippen molar-refractivity contribution in [2.45, 2.75) is 19.9 Å². The van der Waals surface area contributed by atoms with Crippen molar-refractivity contribution in [3.05, 3.63) is 71.4 Å². The maximum Gasteiger partial charge on any atom is 0.261 e. The molecule has 0 aliphatic carbocycles. The summed E-state index contributed by atoms with van der Waals surface area (Å²) in [6, 6.07) is 8.68. The smallest absolute Gasteiger partial charge is 0.261 e. The highest BCUT2D eigenvalue weighted by Gasteiger charge is 2.23. The SMILES string of the molecule is CC(C)n1ncc(C(=O)Nc2nc(-c3cc(F)ccn3)cs2)c1-c1ccccc1F. The number of benzene rings is 1. The minimum atomic E-state index is -0.465. The van der Waals surface area contributed by atoms with E-state index in [1.807, 2.05) is 13.8 Å². The normalized spacial score (nSPS) is 11.1. The van der Waals surface area contributed by atoms with Gasteiger partial charge in [0.05, 0.1) is 23.1 Å². The second-order valence-electron chi connectivity index (χ2n) is 6.78. The van der Waals surface area contributed by atoms with Crippen LogP contribution in [-0.4, -0.2) is 25.7 Å². The zero-order chi connectivity index (χ0) is 21.3. The molecule has 0 bridgehead atoms. The maximum absolute atomic E-state index is 14.5. The molecule has 0 fully saturated rings. The van der Waals surface area contributed by atoms with Crippen molar-refractivity contribution >= 4 is 22.4 Å². The molecule has 1 aromatic carbocycles. The van der Waals surface area contributed by atoms with Crippen LogP contribution in [0.5, 0.6) is 0 Å². The second kappa shape index (κ2) is 8.11. The molecule has 0 spiro atoms. The van der Waals surface area contributed by atoms with Crippen LogP contribution in [0.4, 0.5) is 13.9 Å². The predicted molar refractivity (Wildman–Crippen MR) is 111 cm³/mol. The summed E-state index contributed by atoms with van der Waals surface area (Å²) in [6.07, 6.45) is 2.77. The molecule has 152 valence electrons. The third-order valence-corrected chi connectivity index (χ3v) is 5.12. The van der Waals surface area contributed by atoms with Gasteiger partial charge in [-0.3, -0.25) is 19.8 Å². The lowest BCUT2D eigenvalue weighted by Crippen LogP contribution is -2.14. The van der Waals surface area contributed by atoms with Crippen molar-refractivity contribution in [1.29, 1.82) is 0 Å². The van der Waals surface area contributed by atoms with Crippen LogP contribution in [0, 0.1) is 11.6 Å². The van der Waals surface area contributed by atoms with Gasteiger partial charge < -0.3 is 0 Å².